The number of carbonyl (C=O) groups excluding carboxylic acids is 1. The van der Waals surface area contributed by atoms with E-state index >= 15 is 0 Å². The Hall–Kier alpha value is -2.50. The van der Waals surface area contributed by atoms with Crippen LogP contribution in [0.25, 0.3) is 0 Å². The van der Waals surface area contributed by atoms with Gasteiger partial charge in [0.05, 0.1) is 18.5 Å². The smallest absolute Gasteiger partial charge is 0.319 e. The van der Waals surface area contributed by atoms with Crippen molar-refractivity contribution in [2.75, 3.05) is 11.9 Å². The molecule has 3 rings (SSSR count). The number of anilines is 1. The van der Waals surface area contributed by atoms with Crippen LogP contribution >= 0.6 is 0 Å². The zero-order chi connectivity index (χ0) is 16.2. The maximum atomic E-state index is 11.9. The lowest BCUT2D eigenvalue weighted by Gasteiger charge is -2.13. The fourth-order valence-corrected chi connectivity index (χ4v) is 2.27. The molecule has 1 saturated carbocycles. The normalized spacial score (nSPS) is 13.7. The van der Waals surface area contributed by atoms with E-state index in [1.807, 2.05) is 25.1 Å². The zero-order valence-corrected chi connectivity index (χ0v) is 13.5. The van der Waals surface area contributed by atoms with Gasteiger partial charge in [-0.3, -0.25) is 4.68 Å². The molecule has 0 unspecified atom stereocenters. The van der Waals surface area contributed by atoms with Crippen molar-refractivity contribution in [1.29, 1.82) is 0 Å². The summed E-state index contributed by atoms with van der Waals surface area (Å²) in [6.45, 7) is 3.22. The standard InChI is InChI=1S/C17H22N4O2/c1-12-3-6-14(16(7-12)23-11-13-4-5-13)8-18-17(22)20-15-9-19-21(2)10-15/h3,6-7,9-10,13H,4-5,8,11H2,1-2H3,(H2,18,20,22). The number of amides is 2. The van der Waals surface area contributed by atoms with Crippen LogP contribution < -0.4 is 15.4 Å². The first-order chi connectivity index (χ1) is 11.1. The number of ether oxygens (including phenoxy) is 1. The molecule has 1 fully saturated rings. The van der Waals surface area contributed by atoms with Crippen molar-refractivity contribution in [2.24, 2.45) is 13.0 Å². The molecule has 2 amide bonds. The third kappa shape index (κ3) is 4.48. The summed E-state index contributed by atoms with van der Waals surface area (Å²) in [6.07, 6.45) is 5.87. The summed E-state index contributed by atoms with van der Waals surface area (Å²) < 4.78 is 7.55. The van der Waals surface area contributed by atoms with Crippen LogP contribution in [0.15, 0.2) is 30.6 Å². The van der Waals surface area contributed by atoms with Gasteiger partial charge in [-0.2, -0.15) is 5.10 Å². The van der Waals surface area contributed by atoms with Crippen LogP contribution in [-0.2, 0) is 13.6 Å². The first kappa shape index (κ1) is 15.4. The Balaban J connectivity index is 1.56. The number of rotatable bonds is 6. The molecule has 0 radical (unpaired) electrons. The van der Waals surface area contributed by atoms with Crippen LogP contribution in [0.4, 0.5) is 10.5 Å². The van der Waals surface area contributed by atoms with Crippen LogP contribution in [-0.4, -0.2) is 22.4 Å². The molecule has 23 heavy (non-hydrogen) atoms. The lowest BCUT2D eigenvalue weighted by Crippen LogP contribution is -2.28. The topological polar surface area (TPSA) is 68.2 Å². The Bertz CT molecular complexity index is 692. The Morgan fingerprint density at radius 1 is 1.43 bits per heavy atom. The van der Waals surface area contributed by atoms with Crippen LogP contribution in [0.5, 0.6) is 5.75 Å². The molecule has 1 aliphatic rings. The highest BCUT2D eigenvalue weighted by atomic mass is 16.5. The number of hydrogen-bond donors (Lipinski definition) is 2. The van der Waals surface area contributed by atoms with Gasteiger partial charge in [0.1, 0.15) is 5.75 Å². The highest BCUT2D eigenvalue weighted by Gasteiger charge is 2.22. The molecular weight excluding hydrogens is 292 g/mol. The number of nitrogens with one attached hydrogen (secondary N) is 2. The van der Waals surface area contributed by atoms with Crippen LogP contribution in [0.3, 0.4) is 0 Å². The van der Waals surface area contributed by atoms with Gasteiger partial charge in [-0.25, -0.2) is 4.79 Å². The summed E-state index contributed by atoms with van der Waals surface area (Å²) in [7, 11) is 1.80. The van der Waals surface area contributed by atoms with Crippen molar-refractivity contribution in [3.05, 3.63) is 41.7 Å². The van der Waals surface area contributed by atoms with Gasteiger partial charge in [-0.1, -0.05) is 12.1 Å². The molecule has 2 aromatic rings. The molecule has 6 nitrogen and oxygen atoms in total. The molecule has 2 N–H and O–H groups in total. The monoisotopic (exact) mass is 314 g/mol. The lowest BCUT2D eigenvalue weighted by atomic mass is 10.1. The molecule has 0 spiro atoms. The van der Waals surface area contributed by atoms with E-state index in [1.165, 1.54) is 12.8 Å². The van der Waals surface area contributed by atoms with Gasteiger partial charge in [0.2, 0.25) is 0 Å². The first-order valence-corrected chi connectivity index (χ1v) is 7.86. The maximum absolute atomic E-state index is 11.9. The van der Waals surface area contributed by atoms with E-state index in [0.717, 1.165) is 23.5 Å². The fraction of sp³-hybridized carbons (Fsp3) is 0.412. The molecule has 1 aliphatic carbocycles. The second-order valence-corrected chi connectivity index (χ2v) is 6.08. The number of hydrogen-bond acceptors (Lipinski definition) is 3. The molecule has 122 valence electrons. The van der Waals surface area contributed by atoms with Gasteiger partial charge in [0, 0.05) is 25.4 Å². The molecule has 6 heteroatoms. The molecule has 0 saturated heterocycles. The van der Waals surface area contributed by atoms with Crippen molar-refractivity contribution >= 4 is 11.7 Å². The summed E-state index contributed by atoms with van der Waals surface area (Å²) in [4.78, 5) is 11.9. The van der Waals surface area contributed by atoms with Gasteiger partial charge in [0.15, 0.2) is 0 Å². The van der Waals surface area contributed by atoms with E-state index in [4.69, 9.17) is 4.74 Å². The molecule has 0 aliphatic heterocycles. The summed E-state index contributed by atoms with van der Waals surface area (Å²) >= 11 is 0. The van der Waals surface area contributed by atoms with E-state index in [1.54, 1.807) is 24.1 Å². The maximum Gasteiger partial charge on any atom is 0.319 e. The number of urea groups is 1. The van der Waals surface area contributed by atoms with Crippen molar-refractivity contribution in [2.45, 2.75) is 26.3 Å². The van der Waals surface area contributed by atoms with Gasteiger partial charge < -0.3 is 15.4 Å². The number of aromatic nitrogens is 2. The summed E-state index contributed by atoms with van der Waals surface area (Å²) in [6, 6.07) is 5.80. The average molecular weight is 314 g/mol. The molecule has 1 heterocycles. The fourth-order valence-electron chi connectivity index (χ4n) is 2.27. The number of carbonyl (C=O) groups is 1. The predicted molar refractivity (Wildman–Crippen MR) is 88.5 cm³/mol. The second kappa shape index (κ2) is 6.73. The third-order valence-electron chi connectivity index (χ3n) is 3.80. The Morgan fingerprint density at radius 2 is 2.26 bits per heavy atom. The van der Waals surface area contributed by atoms with Gasteiger partial charge in [0.25, 0.3) is 0 Å². The van der Waals surface area contributed by atoms with E-state index in [2.05, 4.69) is 15.7 Å². The SMILES string of the molecule is Cc1ccc(CNC(=O)Nc2cnn(C)c2)c(OCC2CC2)c1. The van der Waals surface area contributed by atoms with Gasteiger partial charge >= 0.3 is 6.03 Å². The van der Waals surface area contributed by atoms with Crippen LogP contribution in [0.2, 0.25) is 0 Å². The zero-order valence-electron chi connectivity index (χ0n) is 13.5. The minimum absolute atomic E-state index is 0.258. The van der Waals surface area contributed by atoms with E-state index in [0.29, 0.717) is 18.2 Å². The Morgan fingerprint density at radius 3 is 2.96 bits per heavy atom. The molecule has 1 aromatic carbocycles. The van der Waals surface area contributed by atoms with Crippen LogP contribution in [0, 0.1) is 12.8 Å². The summed E-state index contributed by atoms with van der Waals surface area (Å²) in [5, 5.41) is 9.62. The largest absolute Gasteiger partial charge is 0.493 e. The Kier molecular flexibility index (Phi) is 4.50. The quantitative estimate of drug-likeness (QED) is 0.861. The average Bonchev–Trinajstić information content (AvgIpc) is 3.26. The lowest BCUT2D eigenvalue weighted by molar-refractivity contribution is 0.251. The minimum Gasteiger partial charge on any atom is -0.493 e. The second-order valence-electron chi connectivity index (χ2n) is 6.08. The number of benzene rings is 1. The van der Waals surface area contributed by atoms with Crippen molar-refractivity contribution < 1.29 is 9.53 Å². The Labute approximate surface area is 135 Å². The third-order valence-corrected chi connectivity index (χ3v) is 3.80. The molecule has 0 bridgehead atoms. The van der Waals surface area contributed by atoms with Gasteiger partial charge in [-0.15, -0.1) is 0 Å². The van der Waals surface area contributed by atoms with Crippen molar-refractivity contribution in [3.63, 3.8) is 0 Å². The van der Waals surface area contributed by atoms with Crippen molar-refractivity contribution in [3.8, 4) is 5.75 Å². The number of nitrogens with zero attached hydrogens (tertiary/aromatic N) is 2. The highest BCUT2D eigenvalue weighted by molar-refractivity contribution is 5.88. The van der Waals surface area contributed by atoms with E-state index in [9.17, 15) is 4.79 Å². The number of aryl methyl sites for hydroxylation is 2. The minimum atomic E-state index is -0.258. The molecule has 0 atom stereocenters. The molecule has 1 aromatic heterocycles. The summed E-state index contributed by atoms with van der Waals surface area (Å²) in [5.74, 6) is 1.56. The van der Waals surface area contributed by atoms with Gasteiger partial charge in [-0.05, 0) is 37.3 Å². The first-order valence-electron chi connectivity index (χ1n) is 7.86. The van der Waals surface area contributed by atoms with Crippen LogP contribution in [0.1, 0.15) is 24.0 Å². The van der Waals surface area contributed by atoms with E-state index in [-0.39, 0.29) is 6.03 Å². The predicted octanol–water partition coefficient (Wildman–Crippen LogP) is 2.84. The summed E-state index contributed by atoms with van der Waals surface area (Å²) in [5.41, 5.74) is 2.80. The molecular formula is C17H22N4O2. The van der Waals surface area contributed by atoms with Crippen molar-refractivity contribution in [1.82, 2.24) is 15.1 Å². The highest BCUT2D eigenvalue weighted by Crippen LogP contribution is 2.30. The van der Waals surface area contributed by atoms with E-state index < -0.39 is 0 Å².